The Hall–Kier alpha value is -2.25. The zero-order chi connectivity index (χ0) is 17.9. The molecule has 8 heteroatoms. The van der Waals surface area contributed by atoms with Gasteiger partial charge in [-0.2, -0.15) is 0 Å². The molecule has 0 aliphatic carbocycles. The molecule has 8 nitrogen and oxygen atoms in total. The van der Waals surface area contributed by atoms with E-state index < -0.39 is 11.6 Å². The van der Waals surface area contributed by atoms with E-state index in [2.05, 4.69) is 5.16 Å². The quantitative estimate of drug-likeness (QED) is 0.843. The van der Waals surface area contributed by atoms with Gasteiger partial charge in [0.1, 0.15) is 17.0 Å². The molecule has 2 N–H and O–H groups in total. The summed E-state index contributed by atoms with van der Waals surface area (Å²) in [5, 5.41) is 3.94. The Morgan fingerprint density at radius 1 is 1.33 bits per heavy atom. The molecule has 1 saturated heterocycles. The minimum Gasteiger partial charge on any atom is -0.460 e. The summed E-state index contributed by atoms with van der Waals surface area (Å²) < 4.78 is 15.3. The summed E-state index contributed by atoms with van der Waals surface area (Å²) in [5.74, 6) is -0.628. The van der Waals surface area contributed by atoms with Gasteiger partial charge in [0.05, 0.1) is 6.61 Å². The highest BCUT2D eigenvalue weighted by molar-refractivity contribution is 5.92. The van der Waals surface area contributed by atoms with E-state index in [4.69, 9.17) is 19.7 Å². The van der Waals surface area contributed by atoms with Crippen LogP contribution in [0.3, 0.4) is 0 Å². The van der Waals surface area contributed by atoms with Crippen LogP contribution in [0.25, 0.3) is 0 Å². The number of piperidine rings is 1. The van der Waals surface area contributed by atoms with Crippen LogP contribution < -0.4 is 5.73 Å². The van der Waals surface area contributed by atoms with Gasteiger partial charge in [-0.15, -0.1) is 0 Å². The Kier molecular flexibility index (Phi) is 5.36. The van der Waals surface area contributed by atoms with Crippen LogP contribution in [0.5, 0.6) is 0 Å². The topological polar surface area (TPSA) is 108 Å². The molecule has 1 aliphatic heterocycles. The SMILES string of the molecule is CCOC(=O)c1onc(C2CCN(C(=O)OC(C)(C)C)CC2)c1N. The van der Waals surface area contributed by atoms with Gasteiger partial charge in [0.25, 0.3) is 5.76 Å². The van der Waals surface area contributed by atoms with Gasteiger partial charge in [-0.1, -0.05) is 5.16 Å². The Morgan fingerprint density at radius 2 is 1.96 bits per heavy atom. The number of hydrogen-bond donors (Lipinski definition) is 1. The fourth-order valence-electron chi connectivity index (χ4n) is 2.61. The second kappa shape index (κ2) is 7.11. The maximum Gasteiger partial charge on any atom is 0.410 e. The van der Waals surface area contributed by atoms with E-state index in [1.54, 1.807) is 11.8 Å². The van der Waals surface area contributed by atoms with Crippen LogP contribution in [0.1, 0.15) is 62.7 Å². The molecular weight excluding hydrogens is 314 g/mol. The molecule has 1 aromatic rings. The van der Waals surface area contributed by atoms with Crippen LogP contribution in [0.15, 0.2) is 4.52 Å². The molecule has 0 aromatic carbocycles. The Labute approximate surface area is 141 Å². The molecule has 24 heavy (non-hydrogen) atoms. The molecule has 1 aliphatic rings. The third-order valence-electron chi connectivity index (χ3n) is 3.75. The van der Waals surface area contributed by atoms with E-state index in [1.165, 1.54) is 0 Å². The normalized spacial score (nSPS) is 16.1. The molecule has 0 spiro atoms. The maximum atomic E-state index is 12.1. The summed E-state index contributed by atoms with van der Waals surface area (Å²) >= 11 is 0. The van der Waals surface area contributed by atoms with Crippen LogP contribution >= 0.6 is 0 Å². The number of esters is 1. The average molecular weight is 339 g/mol. The van der Waals surface area contributed by atoms with E-state index in [0.29, 0.717) is 31.6 Å². The minimum absolute atomic E-state index is 0.0376. The van der Waals surface area contributed by atoms with Crippen molar-refractivity contribution in [2.45, 2.75) is 52.1 Å². The molecule has 0 bridgehead atoms. The molecule has 0 saturated carbocycles. The summed E-state index contributed by atoms with van der Waals surface area (Å²) in [7, 11) is 0. The number of hydrogen-bond acceptors (Lipinski definition) is 7. The molecule has 2 heterocycles. The van der Waals surface area contributed by atoms with Crippen molar-refractivity contribution in [1.29, 1.82) is 0 Å². The zero-order valence-corrected chi connectivity index (χ0v) is 14.6. The maximum absolute atomic E-state index is 12.1. The number of ether oxygens (including phenoxy) is 2. The fourth-order valence-corrected chi connectivity index (χ4v) is 2.61. The summed E-state index contributed by atoms with van der Waals surface area (Å²) in [4.78, 5) is 25.5. The third-order valence-corrected chi connectivity index (χ3v) is 3.75. The Morgan fingerprint density at radius 3 is 2.50 bits per heavy atom. The number of likely N-dealkylation sites (tertiary alicyclic amines) is 1. The third kappa shape index (κ3) is 4.18. The van der Waals surface area contributed by atoms with Gasteiger partial charge in [0.2, 0.25) is 0 Å². The highest BCUT2D eigenvalue weighted by Crippen LogP contribution is 2.33. The number of anilines is 1. The number of carbonyl (C=O) groups is 2. The number of nitrogens with two attached hydrogens (primary N) is 1. The van der Waals surface area contributed by atoms with Crippen LogP contribution in [-0.4, -0.2) is 47.4 Å². The highest BCUT2D eigenvalue weighted by atomic mass is 16.6. The van der Waals surface area contributed by atoms with Gasteiger partial charge in [-0.3, -0.25) is 0 Å². The molecule has 1 aromatic heterocycles. The highest BCUT2D eigenvalue weighted by Gasteiger charge is 2.32. The molecule has 134 valence electrons. The molecule has 0 unspecified atom stereocenters. The van der Waals surface area contributed by atoms with Gasteiger partial charge >= 0.3 is 12.1 Å². The van der Waals surface area contributed by atoms with Crippen LogP contribution in [0.4, 0.5) is 10.5 Å². The first-order valence-electron chi connectivity index (χ1n) is 8.13. The molecule has 0 radical (unpaired) electrons. The van der Waals surface area contributed by atoms with Gasteiger partial charge in [0, 0.05) is 19.0 Å². The number of aromatic nitrogens is 1. The van der Waals surface area contributed by atoms with E-state index >= 15 is 0 Å². The average Bonchev–Trinajstić information content (AvgIpc) is 2.87. The van der Waals surface area contributed by atoms with Gasteiger partial charge in [0.15, 0.2) is 0 Å². The van der Waals surface area contributed by atoms with Crippen molar-refractivity contribution in [2.75, 3.05) is 25.4 Å². The van der Waals surface area contributed by atoms with Crippen molar-refractivity contribution in [3.05, 3.63) is 11.5 Å². The summed E-state index contributed by atoms with van der Waals surface area (Å²) in [6.45, 7) is 8.54. The fraction of sp³-hybridized carbons (Fsp3) is 0.688. The molecule has 1 amide bonds. The van der Waals surface area contributed by atoms with Crippen molar-refractivity contribution in [2.24, 2.45) is 0 Å². The number of carbonyl (C=O) groups excluding carboxylic acids is 2. The van der Waals surface area contributed by atoms with Gasteiger partial charge in [-0.25, -0.2) is 9.59 Å². The smallest absolute Gasteiger partial charge is 0.410 e. The molecule has 0 atom stereocenters. The summed E-state index contributed by atoms with van der Waals surface area (Å²) in [5.41, 5.74) is 6.25. The van der Waals surface area contributed by atoms with Crippen molar-refractivity contribution in [1.82, 2.24) is 10.1 Å². The molecule has 2 rings (SSSR count). The Bertz CT molecular complexity index is 597. The lowest BCUT2D eigenvalue weighted by molar-refractivity contribution is 0.0203. The number of rotatable bonds is 3. The number of nitrogen functional groups attached to an aromatic ring is 1. The van der Waals surface area contributed by atoms with E-state index in [9.17, 15) is 9.59 Å². The lowest BCUT2D eigenvalue weighted by Gasteiger charge is -2.32. The molecule has 1 fully saturated rings. The zero-order valence-electron chi connectivity index (χ0n) is 14.6. The van der Waals surface area contributed by atoms with Crippen molar-refractivity contribution >= 4 is 17.7 Å². The second-order valence-corrected chi connectivity index (χ2v) is 6.77. The van der Waals surface area contributed by atoms with Crippen molar-refractivity contribution < 1.29 is 23.6 Å². The number of amides is 1. The predicted octanol–water partition coefficient (Wildman–Crippen LogP) is 2.55. The van der Waals surface area contributed by atoms with Crippen molar-refractivity contribution in [3.63, 3.8) is 0 Å². The Balaban J connectivity index is 1.98. The van der Waals surface area contributed by atoms with E-state index in [0.717, 1.165) is 0 Å². The standard InChI is InChI=1S/C16H25N3O5/c1-5-22-14(20)13-11(17)12(18-24-13)10-6-8-19(9-7-10)15(21)23-16(2,3)4/h10H,5-9,17H2,1-4H3. The predicted molar refractivity (Wildman–Crippen MR) is 86.7 cm³/mol. The lowest BCUT2D eigenvalue weighted by atomic mass is 9.92. The van der Waals surface area contributed by atoms with Crippen LogP contribution in [0, 0.1) is 0 Å². The largest absolute Gasteiger partial charge is 0.460 e. The summed E-state index contributed by atoms with van der Waals surface area (Å²) in [6.07, 6.45) is 1.04. The van der Waals surface area contributed by atoms with Gasteiger partial charge < -0.3 is 24.6 Å². The lowest BCUT2D eigenvalue weighted by Crippen LogP contribution is -2.41. The van der Waals surface area contributed by atoms with Gasteiger partial charge in [-0.05, 0) is 40.5 Å². The molecular formula is C16H25N3O5. The summed E-state index contributed by atoms with van der Waals surface area (Å²) in [6, 6.07) is 0. The number of nitrogens with zero attached hydrogens (tertiary/aromatic N) is 2. The first kappa shape index (κ1) is 18.1. The van der Waals surface area contributed by atoms with E-state index in [1.807, 2.05) is 20.8 Å². The van der Waals surface area contributed by atoms with Crippen LogP contribution in [-0.2, 0) is 9.47 Å². The monoisotopic (exact) mass is 339 g/mol. The second-order valence-electron chi connectivity index (χ2n) is 6.77. The van der Waals surface area contributed by atoms with Crippen LogP contribution in [0.2, 0.25) is 0 Å². The minimum atomic E-state index is -0.611. The van der Waals surface area contributed by atoms with E-state index in [-0.39, 0.29) is 30.1 Å². The first-order valence-corrected chi connectivity index (χ1v) is 8.13. The first-order chi connectivity index (χ1) is 11.2. The van der Waals surface area contributed by atoms with Crippen molar-refractivity contribution in [3.8, 4) is 0 Å².